The van der Waals surface area contributed by atoms with Crippen LogP contribution in [0.1, 0.15) is 6.42 Å². The first-order valence-electron chi connectivity index (χ1n) is 4.65. The van der Waals surface area contributed by atoms with Crippen LogP contribution in [0.4, 0.5) is 0 Å². The average Bonchev–Trinajstić information content (AvgIpc) is 2.03. The van der Waals surface area contributed by atoms with Crippen molar-refractivity contribution in [3.8, 4) is 0 Å². The molecule has 0 saturated heterocycles. The van der Waals surface area contributed by atoms with Gasteiger partial charge in [-0.3, -0.25) is 0 Å². The summed E-state index contributed by atoms with van der Waals surface area (Å²) in [7, 11) is 5.81. The zero-order chi connectivity index (χ0) is 10.1. The van der Waals surface area contributed by atoms with Gasteiger partial charge in [0.1, 0.15) is 0 Å². The second kappa shape index (κ2) is 8.75. The minimum absolute atomic E-state index is 0.136. The number of hydrogen-bond acceptors (Lipinski definition) is 3. The summed E-state index contributed by atoms with van der Waals surface area (Å²) in [5.41, 5.74) is 0. The van der Waals surface area contributed by atoms with Crippen molar-refractivity contribution in [2.24, 2.45) is 0 Å². The molecule has 0 spiro atoms. The minimum atomic E-state index is 0.136. The standard InChI is InChI=1S/C9H21ClN2O/c1-12(2)7-6-11-5-4-9(10)8-13-3/h9,11H,4-8H2,1-3H3. The van der Waals surface area contributed by atoms with Gasteiger partial charge in [0.2, 0.25) is 0 Å². The van der Waals surface area contributed by atoms with E-state index in [1.165, 1.54) is 0 Å². The van der Waals surface area contributed by atoms with Gasteiger partial charge >= 0.3 is 0 Å². The Bertz CT molecular complexity index is 112. The predicted octanol–water partition coefficient (Wildman–Crippen LogP) is 0.782. The van der Waals surface area contributed by atoms with Crippen molar-refractivity contribution < 1.29 is 4.74 Å². The molecule has 0 bridgehead atoms. The lowest BCUT2D eigenvalue weighted by atomic mass is 10.3. The lowest BCUT2D eigenvalue weighted by molar-refractivity contribution is 0.195. The van der Waals surface area contributed by atoms with E-state index < -0.39 is 0 Å². The predicted molar refractivity (Wildman–Crippen MR) is 57.6 cm³/mol. The SMILES string of the molecule is COCC(Cl)CCNCCN(C)C. The molecule has 1 atom stereocenters. The van der Waals surface area contributed by atoms with Crippen molar-refractivity contribution in [3.05, 3.63) is 0 Å². The van der Waals surface area contributed by atoms with E-state index in [0.717, 1.165) is 26.1 Å². The van der Waals surface area contributed by atoms with Gasteiger partial charge in [-0.2, -0.15) is 0 Å². The summed E-state index contributed by atoms with van der Waals surface area (Å²) >= 11 is 5.95. The topological polar surface area (TPSA) is 24.5 Å². The van der Waals surface area contributed by atoms with E-state index in [9.17, 15) is 0 Å². The molecule has 0 saturated carbocycles. The fourth-order valence-corrected chi connectivity index (χ4v) is 1.19. The van der Waals surface area contributed by atoms with Crippen LogP contribution in [0.5, 0.6) is 0 Å². The van der Waals surface area contributed by atoms with Gasteiger partial charge in [0.05, 0.1) is 12.0 Å². The third-order valence-electron chi connectivity index (χ3n) is 1.72. The van der Waals surface area contributed by atoms with Crippen LogP contribution in [0.2, 0.25) is 0 Å². The summed E-state index contributed by atoms with van der Waals surface area (Å²) in [5.74, 6) is 0. The van der Waals surface area contributed by atoms with Crippen LogP contribution in [0.3, 0.4) is 0 Å². The van der Waals surface area contributed by atoms with Crippen molar-refractivity contribution in [3.63, 3.8) is 0 Å². The number of nitrogens with zero attached hydrogens (tertiary/aromatic N) is 1. The molecule has 0 fully saturated rings. The number of likely N-dealkylation sites (N-methyl/N-ethyl adjacent to an activating group) is 1. The molecule has 0 radical (unpaired) electrons. The number of methoxy groups -OCH3 is 1. The lowest BCUT2D eigenvalue weighted by Gasteiger charge is -2.11. The van der Waals surface area contributed by atoms with E-state index in [1.807, 2.05) is 0 Å². The van der Waals surface area contributed by atoms with Gasteiger partial charge < -0.3 is 15.0 Å². The average molecular weight is 209 g/mol. The molecular weight excluding hydrogens is 188 g/mol. The summed E-state index contributed by atoms with van der Waals surface area (Å²) in [4.78, 5) is 2.15. The molecule has 4 heteroatoms. The fourth-order valence-electron chi connectivity index (χ4n) is 0.951. The van der Waals surface area contributed by atoms with Gasteiger partial charge in [-0.05, 0) is 27.1 Å². The number of hydrogen-bond donors (Lipinski definition) is 1. The molecule has 0 heterocycles. The Morgan fingerprint density at radius 3 is 2.62 bits per heavy atom. The Hall–Kier alpha value is 0.170. The summed E-state index contributed by atoms with van der Waals surface area (Å²) in [6, 6.07) is 0. The molecule has 0 aromatic carbocycles. The monoisotopic (exact) mass is 208 g/mol. The van der Waals surface area contributed by atoms with Gasteiger partial charge in [0, 0.05) is 20.2 Å². The van der Waals surface area contributed by atoms with E-state index in [4.69, 9.17) is 16.3 Å². The first kappa shape index (κ1) is 13.2. The van der Waals surface area contributed by atoms with Crippen LogP contribution in [0.15, 0.2) is 0 Å². The molecule has 1 unspecified atom stereocenters. The second-order valence-corrected chi connectivity index (χ2v) is 4.01. The van der Waals surface area contributed by atoms with E-state index >= 15 is 0 Å². The van der Waals surface area contributed by atoms with Crippen molar-refractivity contribution in [1.29, 1.82) is 0 Å². The van der Waals surface area contributed by atoms with Crippen LogP contribution in [0, 0.1) is 0 Å². The molecule has 0 rings (SSSR count). The minimum Gasteiger partial charge on any atom is -0.383 e. The quantitative estimate of drug-likeness (QED) is 0.472. The molecule has 3 nitrogen and oxygen atoms in total. The lowest BCUT2D eigenvalue weighted by Crippen LogP contribution is -2.28. The molecule has 13 heavy (non-hydrogen) atoms. The highest BCUT2D eigenvalue weighted by Gasteiger charge is 2.02. The van der Waals surface area contributed by atoms with Crippen molar-refractivity contribution in [1.82, 2.24) is 10.2 Å². The van der Waals surface area contributed by atoms with Crippen LogP contribution in [-0.4, -0.2) is 57.7 Å². The van der Waals surface area contributed by atoms with Gasteiger partial charge in [0.25, 0.3) is 0 Å². The summed E-state index contributed by atoms with van der Waals surface area (Å²) < 4.78 is 4.93. The molecule has 0 aliphatic rings. The zero-order valence-corrected chi connectivity index (χ0v) is 9.60. The van der Waals surface area contributed by atoms with Crippen molar-refractivity contribution in [2.45, 2.75) is 11.8 Å². The molecule has 1 N–H and O–H groups in total. The van der Waals surface area contributed by atoms with E-state index in [-0.39, 0.29) is 5.38 Å². The number of ether oxygens (including phenoxy) is 1. The summed E-state index contributed by atoms with van der Waals surface area (Å²) in [6.07, 6.45) is 0.961. The Labute approximate surface area is 86.4 Å². The number of nitrogens with one attached hydrogen (secondary N) is 1. The largest absolute Gasteiger partial charge is 0.383 e. The van der Waals surface area contributed by atoms with Gasteiger partial charge in [0.15, 0.2) is 0 Å². The van der Waals surface area contributed by atoms with Gasteiger partial charge in [-0.25, -0.2) is 0 Å². The first-order chi connectivity index (χ1) is 6.16. The molecule has 80 valence electrons. The van der Waals surface area contributed by atoms with E-state index in [0.29, 0.717) is 6.61 Å². The first-order valence-corrected chi connectivity index (χ1v) is 5.09. The maximum absolute atomic E-state index is 5.95. The Balaban J connectivity index is 3.06. The van der Waals surface area contributed by atoms with E-state index in [2.05, 4.69) is 24.3 Å². The third kappa shape index (κ3) is 10.1. The van der Waals surface area contributed by atoms with Crippen molar-refractivity contribution >= 4 is 11.6 Å². The highest BCUT2D eigenvalue weighted by molar-refractivity contribution is 6.20. The van der Waals surface area contributed by atoms with Crippen molar-refractivity contribution in [2.75, 3.05) is 47.4 Å². The third-order valence-corrected chi connectivity index (χ3v) is 2.06. The zero-order valence-electron chi connectivity index (χ0n) is 8.85. The van der Waals surface area contributed by atoms with Crippen LogP contribution in [0.25, 0.3) is 0 Å². The number of rotatable bonds is 8. The fraction of sp³-hybridized carbons (Fsp3) is 1.00. The molecule has 0 aliphatic heterocycles. The van der Waals surface area contributed by atoms with Crippen LogP contribution >= 0.6 is 11.6 Å². The second-order valence-electron chi connectivity index (χ2n) is 3.39. The number of halogens is 1. The maximum atomic E-state index is 5.95. The molecule has 0 aromatic heterocycles. The Morgan fingerprint density at radius 1 is 1.38 bits per heavy atom. The summed E-state index contributed by atoms with van der Waals surface area (Å²) in [5, 5.41) is 3.46. The van der Waals surface area contributed by atoms with Crippen LogP contribution in [-0.2, 0) is 4.74 Å². The van der Waals surface area contributed by atoms with Gasteiger partial charge in [-0.1, -0.05) is 0 Å². The highest BCUT2D eigenvalue weighted by atomic mass is 35.5. The molecular formula is C9H21ClN2O. The van der Waals surface area contributed by atoms with Crippen LogP contribution < -0.4 is 5.32 Å². The summed E-state index contributed by atoms with van der Waals surface area (Å²) in [6.45, 7) is 3.68. The molecule has 0 aromatic rings. The number of alkyl halides is 1. The molecule has 0 aliphatic carbocycles. The Kier molecular flexibility index (Phi) is 8.87. The normalized spacial score (nSPS) is 13.6. The van der Waals surface area contributed by atoms with E-state index in [1.54, 1.807) is 7.11 Å². The smallest absolute Gasteiger partial charge is 0.0626 e. The van der Waals surface area contributed by atoms with Gasteiger partial charge in [-0.15, -0.1) is 11.6 Å². The highest BCUT2D eigenvalue weighted by Crippen LogP contribution is 2.00. The Morgan fingerprint density at radius 2 is 2.08 bits per heavy atom. The maximum Gasteiger partial charge on any atom is 0.0626 e. The molecule has 0 amide bonds.